The monoisotopic (exact) mass is 116 g/mol. The molecule has 0 saturated heterocycles. The third-order valence-electron chi connectivity index (χ3n) is 1.44. The predicted octanol–water partition coefficient (Wildman–Crippen LogP) is -0.855. The van der Waals surface area contributed by atoms with Crippen molar-refractivity contribution in [2.24, 2.45) is 11.5 Å². The highest BCUT2D eigenvalue weighted by Gasteiger charge is 2.40. The zero-order chi connectivity index (χ0) is 6.20. The van der Waals surface area contributed by atoms with E-state index in [1.54, 1.807) is 0 Å². The van der Waals surface area contributed by atoms with E-state index in [1.807, 2.05) is 0 Å². The fourth-order valence-electron chi connectivity index (χ4n) is 0.787. The van der Waals surface area contributed by atoms with Gasteiger partial charge in [-0.3, -0.25) is 0 Å². The predicted molar refractivity (Wildman–Crippen MR) is 31.0 cm³/mol. The normalized spacial score (nSPS) is 24.0. The SMILES string of the molecule is NC(N)CC1(O)CC1. The van der Waals surface area contributed by atoms with Crippen LogP contribution in [0.5, 0.6) is 0 Å². The molecule has 3 heteroatoms. The molecule has 0 amide bonds. The van der Waals surface area contributed by atoms with Gasteiger partial charge in [-0.2, -0.15) is 0 Å². The van der Waals surface area contributed by atoms with E-state index in [2.05, 4.69) is 0 Å². The second kappa shape index (κ2) is 1.69. The van der Waals surface area contributed by atoms with Gasteiger partial charge in [0.1, 0.15) is 0 Å². The van der Waals surface area contributed by atoms with Gasteiger partial charge in [0, 0.05) is 6.42 Å². The quantitative estimate of drug-likeness (QED) is 0.411. The maximum atomic E-state index is 9.14. The van der Waals surface area contributed by atoms with Crippen LogP contribution in [0.4, 0.5) is 0 Å². The average molecular weight is 116 g/mol. The molecule has 0 heterocycles. The number of aliphatic hydroxyl groups is 1. The lowest BCUT2D eigenvalue weighted by atomic mass is 10.2. The Morgan fingerprint density at radius 3 is 2.12 bits per heavy atom. The third kappa shape index (κ3) is 1.43. The largest absolute Gasteiger partial charge is 0.390 e. The molecule has 0 aliphatic heterocycles. The average Bonchev–Trinajstić information content (AvgIpc) is 2.17. The summed E-state index contributed by atoms with van der Waals surface area (Å²) in [5.41, 5.74) is 9.99. The minimum Gasteiger partial charge on any atom is -0.390 e. The molecule has 48 valence electrons. The molecule has 1 saturated carbocycles. The highest BCUT2D eigenvalue weighted by molar-refractivity contribution is 4.94. The van der Waals surface area contributed by atoms with Crippen molar-refractivity contribution in [1.82, 2.24) is 0 Å². The lowest BCUT2D eigenvalue weighted by Crippen LogP contribution is -2.35. The van der Waals surface area contributed by atoms with Crippen molar-refractivity contribution >= 4 is 0 Å². The molecule has 1 aliphatic rings. The Balaban J connectivity index is 2.19. The highest BCUT2D eigenvalue weighted by atomic mass is 16.3. The van der Waals surface area contributed by atoms with Crippen LogP contribution in [0.25, 0.3) is 0 Å². The second-order valence-corrected chi connectivity index (χ2v) is 2.59. The smallest absolute Gasteiger partial charge is 0.0677 e. The van der Waals surface area contributed by atoms with E-state index < -0.39 is 5.60 Å². The standard InChI is InChI=1S/C5H12N2O/c6-4(7)3-5(8)1-2-5/h4,8H,1-3,6-7H2. The molecule has 0 bridgehead atoms. The third-order valence-corrected chi connectivity index (χ3v) is 1.44. The van der Waals surface area contributed by atoms with E-state index in [0.717, 1.165) is 12.8 Å². The fourth-order valence-corrected chi connectivity index (χ4v) is 0.787. The van der Waals surface area contributed by atoms with E-state index in [4.69, 9.17) is 16.6 Å². The van der Waals surface area contributed by atoms with Gasteiger partial charge in [0.2, 0.25) is 0 Å². The van der Waals surface area contributed by atoms with Gasteiger partial charge in [-0.05, 0) is 12.8 Å². The zero-order valence-corrected chi connectivity index (χ0v) is 4.80. The molecular weight excluding hydrogens is 104 g/mol. The fraction of sp³-hybridized carbons (Fsp3) is 1.00. The number of rotatable bonds is 2. The topological polar surface area (TPSA) is 72.3 Å². The minimum absolute atomic E-state index is 0.345. The molecule has 0 aromatic carbocycles. The first-order valence-electron chi connectivity index (χ1n) is 2.86. The van der Waals surface area contributed by atoms with Crippen molar-refractivity contribution in [2.75, 3.05) is 0 Å². The Labute approximate surface area is 48.7 Å². The van der Waals surface area contributed by atoms with Gasteiger partial charge in [-0.15, -0.1) is 0 Å². The van der Waals surface area contributed by atoms with Crippen molar-refractivity contribution in [3.63, 3.8) is 0 Å². The van der Waals surface area contributed by atoms with Gasteiger partial charge < -0.3 is 16.6 Å². The van der Waals surface area contributed by atoms with Crippen LogP contribution in [0.3, 0.4) is 0 Å². The Morgan fingerprint density at radius 2 is 2.00 bits per heavy atom. The Morgan fingerprint density at radius 1 is 1.50 bits per heavy atom. The first-order valence-corrected chi connectivity index (χ1v) is 2.86. The summed E-state index contributed by atoms with van der Waals surface area (Å²) in [6.45, 7) is 0. The second-order valence-electron chi connectivity index (χ2n) is 2.59. The lowest BCUT2D eigenvalue weighted by Gasteiger charge is -2.08. The van der Waals surface area contributed by atoms with Crippen LogP contribution in [0, 0.1) is 0 Å². The molecule has 0 spiro atoms. The van der Waals surface area contributed by atoms with Crippen molar-refractivity contribution in [2.45, 2.75) is 31.0 Å². The van der Waals surface area contributed by atoms with E-state index in [1.165, 1.54) is 0 Å². The Kier molecular flexibility index (Phi) is 1.27. The van der Waals surface area contributed by atoms with Crippen molar-refractivity contribution in [3.8, 4) is 0 Å². The van der Waals surface area contributed by atoms with Crippen LogP contribution in [-0.2, 0) is 0 Å². The summed E-state index contributed by atoms with van der Waals surface area (Å²) in [4.78, 5) is 0. The van der Waals surface area contributed by atoms with Crippen molar-refractivity contribution < 1.29 is 5.11 Å². The summed E-state index contributed by atoms with van der Waals surface area (Å²) in [5, 5.41) is 9.14. The van der Waals surface area contributed by atoms with Gasteiger partial charge in [0.15, 0.2) is 0 Å². The van der Waals surface area contributed by atoms with Crippen LogP contribution in [0.15, 0.2) is 0 Å². The maximum absolute atomic E-state index is 9.14. The van der Waals surface area contributed by atoms with Gasteiger partial charge in [-0.1, -0.05) is 0 Å². The summed E-state index contributed by atoms with van der Waals surface area (Å²) in [5.74, 6) is 0. The summed E-state index contributed by atoms with van der Waals surface area (Å²) in [6.07, 6.45) is 1.95. The van der Waals surface area contributed by atoms with E-state index in [9.17, 15) is 0 Å². The summed E-state index contributed by atoms with van der Waals surface area (Å²) in [7, 11) is 0. The number of hydrogen-bond donors (Lipinski definition) is 3. The Hall–Kier alpha value is -0.120. The van der Waals surface area contributed by atoms with Gasteiger partial charge in [0.25, 0.3) is 0 Å². The summed E-state index contributed by atoms with van der Waals surface area (Å²) < 4.78 is 0. The van der Waals surface area contributed by atoms with E-state index in [-0.39, 0.29) is 6.17 Å². The van der Waals surface area contributed by atoms with Gasteiger partial charge in [0.05, 0.1) is 11.8 Å². The first-order chi connectivity index (χ1) is 3.62. The summed E-state index contributed by atoms with van der Waals surface area (Å²) >= 11 is 0. The molecule has 0 atom stereocenters. The maximum Gasteiger partial charge on any atom is 0.0677 e. The highest BCUT2D eigenvalue weighted by Crippen LogP contribution is 2.38. The lowest BCUT2D eigenvalue weighted by molar-refractivity contribution is 0.132. The molecule has 0 radical (unpaired) electrons. The molecule has 3 nitrogen and oxygen atoms in total. The first kappa shape index (κ1) is 6.01. The zero-order valence-electron chi connectivity index (χ0n) is 4.80. The molecule has 1 aliphatic carbocycles. The van der Waals surface area contributed by atoms with Crippen molar-refractivity contribution in [3.05, 3.63) is 0 Å². The molecule has 1 fully saturated rings. The molecule has 0 unspecified atom stereocenters. The molecule has 1 rings (SSSR count). The van der Waals surface area contributed by atoms with E-state index >= 15 is 0 Å². The number of hydrogen-bond acceptors (Lipinski definition) is 3. The molecule has 0 aromatic heterocycles. The molecule has 0 aromatic rings. The summed E-state index contributed by atoms with van der Waals surface area (Å²) in [6, 6.07) is 0. The van der Waals surface area contributed by atoms with E-state index in [0.29, 0.717) is 6.42 Å². The Bertz CT molecular complexity index is 88.4. The van der Waals surface area contributed by atoms with Crippen LogP contribution in [0.1, 0.15) is 19.3 Å². The molecule has 8 heavy (non-hydrogen) atoms. The van der Waals surface area contributed by atoms with Crippen LogP contribution < -0.4 is 11.5 Å². The molecule has 5 N–H and O–H groups in total. The van der Waals surface area contributed by atoms with Gasteiger partial charge in [-0.25, -0.2) is 0 Å². The minimum atomic E-state index is -0.478. The van der Waals surface area contributed by atoms with Crippen molar-refractivity contribution in [1.29, 1.82) is 0 Å². The van der Waals surface area contributed by atoms with Crippen LogP contribution in [0.2, 0.25) is 0 Å². The molecular formula is C5H12N2O. The van der Waals surface area contributed by atoms with Crippen LogP contribution >= 0.6 is 0 Å². The van der Waals surface area contributed by atoms with Gasteiger partial charge >= 0.3 is 0 Å². The number of nitrogens with two attached hydrogens (primary N) is 2. The van der Waals surface area contributed by atoms with Crippen LogP contribution in [-0.4, -0.2) is 16.9 Å².